The van der Waals surface area contributed by atoms with Gasteiger partial charge in [0.2, 0.25) is 11.8 Å². The van der Waals surface area contributed by atoms with Crippen molar-refractivity contribution < 1.29 is 14.0 Å². The lowest BCUT2D eigenvalue weighted by Crippen LogP contribution is -2.52. The van der Waals surface area contributed by atoms with E-state index < -0.39 is 0 Å². The van der Waals surface area contributed by atoms with E-state index in [0.717, 1.165) is 22.6 Å². The zero-order valence-corrected chi connectivity index (χ0v) is 21.0. The molecule has 1 saturated heterocycles. The molecule has 4 rings (SSSR count). The lowest BCUT2D eigenvalue weighted by atomic mass is 10.1. The van der Waals surface area contributed by atoms with Gasteiger partial charge >= 0.3 is 0 Å². The number of halogens is 1. The first-order chi connectivity index (χ1) is 17.3. The molecule has 8 heteroatoms. The molecule has 36 heavy (non-hydrogen) atoms. The van der Waals surface area contributed by atoms with E-state index >= 15 is 0 Å². The summed E-state index contributed by atoms with van der Waals surface area (Å²) in [7, 11) is 0. The highest BCUT2D eigenvalue weighted by atomic mass is 19.1. The fourth-order valence-electron chi connectivity index (χ4n) is 4.21. The normalized spacial score (nSPS) is 13.7. The number of aryl methyl sites for hydroxylation is 1. The van der Waals surface area contributed by atoms with Crippen LogP contribution in [0.1, 0.15) is 25.0 Å². The second kappa shape index (κ2) is 11.3. The summed E-state index contributed by atoms with van der Waals surface area (Å²) < 4.78 is 13.3. The van der Waals surface area contributed by atoms with Crippen molar-refractivity contribution in [3.05, 3.63) is 77.6 Å². The quantitative estimate of drug-likeness (QED) is 0.503. The smallest absolute Gasteiger partial charge is 0.242 e. The van der Waals surface area contributed by atoms with E-state index in [4.69, 9.17) is 0 Å². The van der Waals surface area contributed by atoms with Gasteiger partial charge in [-0.1, -0.05) is 55.8 Å². The van der Waals surface area contributed by atoms with Crippen molar-refractivity contribution in [3.8, 4) is 11.3 Å². The topological polar surface area (TPSA) is 69.6 Å². The average molecular weight is 490 g/mol. The zero-order chi connectivity index (χ0) is 25.7. The Kier molecular flexibility index (Phi) is 7.93. The maximum Gasteiger partial charge on any atom is 0.242 e. The van der Waals surface area contributed by atoms with Gasteiger partial charge in [0.1, 0.15) is 12.4 Å². The van der Waals surface area contributed by atoms with E-state index in [1.54, 1.807) is 21.9 Å². The van der Waals surface area contributed by atoms with Gasteiger partial charge in [0.25, 0.3) is 0 Å². The van der Waals surface area contributed by atoms with Crippen LogP contribution < -0.4 is 4.90 Å². The largest absolute Gasteiger partial charge is 0.352 e. The molecule has 2 heterocycles. The highest BCUT2D eigenvalue weighted by molar-refractivity contribution is 5.85. The Morgan fingerprint density at radius 3 is 2.17 bits per heavy atom. The lowest BCUT2D eigenvalue weighted by Gasteiger charge is -2.36. The van der Waals surface area contributed by atoms with Gasteiger partial charge in [-0.3, -0.25) is 9.59 Å². The van der Waals surface area contributed by atoms with Gasteiger partial charge in [-0.05, 0) is 36.8 Å². The molecule has 1 aromatic heterocycles. The number of hydrogen-bond acceptors (Lipinski definition) is 5. The SMILES string of the molecule is Cc1ccc(-c2ccc(N3CCN(C(=O)CN(Cc4ccc(F)cc4)C(=O)C(C)C)CC3)nn2)cc1. The third-order valence-electron chi connectivity index (χ3n) is 6.37. The predicted molar refractivity (Wildman–Crippen MR) is 138 cm³/mol. The Balaban J connectivity index is 1.34. The monoisotopic (exact) mass is 489 g/mol. The Hall–Kier alpha value is -3.81. The van der Waals surface area contributed by atoms with Crippen molar-refractivity contribution >= 4 is 17.6 Å². The number of hydrogen-bond donors (Lipinski definition) is 0. The van der Waals surface area contributed by atoms with Crippen LogP contribution in [0.3, 0.4) is 0 Å². The van der Waals surface area contributed by atoms with E-state index in [-0.39, 0.29) is 36.6 Å². The van der Waals surface area contributed by atoms with Crippen LogP contribution in [0.2, 0.25) is 0 Å². The second-order valence-corrected chi connectivity index (χ2v) is 9.49. The molecule has 0 bridgehead atoms. The number of carbonyl (C=O) groups excluding carboxylic acids is 2. The summed E-state index contributed by atoms with van der Waals surface area (Å²) in [6, 6.07) is 18.1. The number of benzene rings is 2. The minimum atomic E-state index is -0.330. The van der Waals surface area contributed by atoms with E-state index in [9.17, 15) is 14.0 Å². The fraction of sp³-hybridized carbons (Fsp3) is 0.357. The van der Waals surface area contributed by atoms with Gasteiger partial charge < -0.3 is 14.7 Å². The van der Waals surface area contributed by atoms with Crippen LogP contribution in [0.5, 0.6) is 0 Å². The van der Waals surface area contributed by atoms with Crippen LogP contribution in [0.15, 0.2) is 60.7 Å². The molecule has 0 N–H and O–H groups in total. The number of carbonyl (C=O) groups is 2. The van der Waals surface area contributed by atoms with E-state index in [0.29, 0.717) is 26.2 Å². The zero-order valence-electron chi connectivity index (χ0n) is 21.0. The minimum absolute atomic E-state index is 0.000553. The summed E-state index contributed by atoms with van der Waals surface area (Å²) in [4.78, 5) is 31.3. The van der Waals surface area contributed by atoms with Crippen molar-refractivity contribution in [2.24, 2.45) is 5.92 Å². The van der Waals surface area contributed by atoms with E-state index in [1.807, 2.05) is 45.0 Å². The molecule has 1 fully saturated rings. The van der Waals surface area contributed by atoms with Gasteiger partial charge in [0, 0.05) is 44.2 Å². The fourth-order valence-corrected chi connectivity index (χ4v) is 4.21. The molecular formula is C28H32FN5O2. The maximum atomic E-state index is 13.3. The molecule has 0 aliphatic carbocycles. The van der Waals surface area contributed by atoms with Crippen molar-refractivity contribution in [3.63, 3.8) is 0 Å². The van der Waals surface area contributed by atoms with Gasteiger partial charge in [-0.2, -0.15) is 0 Å². The Morgan fingerprint density at radius 2 is 1.58 bits per heavy atom. The van der Waals surface area contributed by atoms with Crippen LogP contribution >= 0.6 is 0 Å². The first kappa shape index (κ1) is 25.3. The Bertz CT molecular complexity index is 1170. The predicted octanol–water partition coefficient (Wildman–Crippen LogP) is 3.92. The summed E-state index contributed by atoms with van der Waals surface area (Å²) in [6.45, 7) is 8.31. The van der Waals surface area contributed by atoms with E-state index in [1.165, 1.54) is 17.7 Å². The number of nitrogens with zero attached hydrogens (tertiary/aromatic N) is 5. The minimum Gasteiger partial charge on any atom is -0.352 e. The van der Waals surface area contributed by atoms with Crippen molar-refractivity contribution in [1.82, 2.24) is 20.0 Å². The van der Waals surface area contributed by atoms with Crippen LogP contribution in [-0.4, -0.2) is 64.5 Å². The third kappa shape index (κ3) is 6.24. The highest BCUT2D eigenvalue weighted by Crippen LogP contribution is 2.20. The number of aromatic nitrogens is 2. The van der Waals surface area contributed by atoms with E-state index in [2.05, 4.69) is 27.2 Å². The number of amides is 2. The molecule has 0 radical (unpaired) electrons. The van der Waals surface area contributed by atoms with Crippen molar-refractivity contribution in [1.29, 1.82) is 0 Å². The Labute approximate surface area is 211 Å². The molecule has 0 spiro atoms. The first-order valence-corrected chi connectivity index (χ1v) is 12.3. The van der Waals surface area contributed by atoms with Gasteiger partial charge in [0.05, 0.1) is 5.69 Å². The molecule has 0 unspecified atom stereocenters. The molecule has 1 aliphatic rings. The Morgan fingerprint density at radius 1 is 0.917 bits per heavy atom. The van der Waals surface area contributed by atoms with Crippen molar-refractivity contribution in [2.45, 2.75) is 27.3 Å². The molecule has 3 aromatic rings. The molecular weight excluding hydrogens is 457 g/mol. The summed E-state index contributed by atoms with van der Waals surface area (Å²) in [5.41, 5.74) is 3.83. The summed E-state index contributed by atoms with van der Waals surface area (Å²) in [5, 5.41) is 8.80. The molecule has 0 saturated carbocycles. The standard InChI is InChI=1S/C28H32FN5O2/c1-20(2)28(36)34(18-22-6-10-24(29)11-7-22)19-27(35)33-16-14-32(15-17-33)26-13-12-25(30-31-26)23-8-4-21(3)5-9-23/h4-13,20H,14-19H2,1-3H3. The number of rotatable bonds is 7. The lowest BCUT2D eigenvalue weighted by molar-refractivity contribution is -0.143. The van der Waals surface area contributed by atoms with Gasteiger partial charge in [-0.15, -0.1) is 10.2 Å². The number of anilines is 1. The van der Waals surface area contributed by atoms with Gasteiger partial charge in [0.15, 0.2) is 5.82 Å². The second-order valence-electron chi connectivity index (χ2n) is 9.49. The first-order valence-electron chi connectivity index (χ1n) is 12.3. The summed E-state index contributed by atoms with van der Waals surface area (Å²) in [6.07, 6.45) is 0. The average Bonchev–Trinajstić information content (AvgIpc) is 2.89. The maximum absolute atomic E-state index is 13.3. The molecule has 1 aliphatic heterocycles. The third-order valence-corrected chi connectivity index (χ3v) is 6.37. The van der Waals surface area contributed by atoms with Crippen LogP contribution in [0, 0.1) is 18.7 Å². The van der Waals surface area contributed by atoms with Crippen LogP contribution in [0.4, 0.5) is 10.2 Å². The summed E-state index contributed by atoms with van der Waals surface area (Å²) in [5.74, 6) is 0.0214. The van der Waals surface area contributed by atoms with Crippen LogP contribution in [-0.2, 0) is 16.1 Å². The van der Waals surface area contributed by atoms with Crippen LogP contribution in [0.25, 0.3) is 11.3 Å². The highest BCUT2D eigenvalue weighted by Gasteiger charge is 2.26. The molecule has 0 atom stereocenters. The van der Waals surface area contributed by atoms with Crippen molar-refractivity contribution in [2.75, 3.05) is 37.6 Å². The van der Waals surface area contributed by atoms with Gasteiger partial charge in [-0.25, -0.2) is 4.39 Å². The molecule has 7 nitrogen and oxygen atoms in total. The molecule has 2 amide bonds. The molecule has 2 aromatic carbocycles. The summed E-state index contributed by atoms with van der Waals surface area (Å²) >= 11 is 0. The molecule has 188 valence electrons. The number of piperazine rings is 1.